The summed E-state index contributed by atoms with van der Waals surface area (Å²) in [6.45, 7) is 11.0. The van der Waals surface area contributed by atoms with E-state index < -0.39 is 0 Å². The largest absolute Gasteiger partial charge is 0.143 e. The minimum atomic E-state index is 1.06. The van der Waals surface area contributed by atoms with Gasteiger partial charge in [-0.2, -0.15) is 0 Å². The van der Waals surface area contributed by atoms with E-state index in [1.807, 2.05) is 0 Å². The fourth-order valence-electron chi connectivity index (χ4n) is 4.23. The summed E-state index contributed by atoms with van der Waals surface area (Å²) in [5.41, 5.74) is 15.9. The van der Waals surface area contributed by atoms with Crippen LogP contribution < -0.4 is 16.4 Å². The molecule has 0 heterocycles. The van der Waals surface area contributed by atoms with Crippen molar-refractivity contribution in [1.82, 2.24) is 0 Å². The lowest BCUT2D eigenvalue weighted by atomic mass is 9.74. The van der Waals surface area contributed by atoms with Crippen molar-refractivity contribution in [3.63, 3.8) is 0 Å². The van der Waals surface area contributed by atoms with Gasteiger partial charge in [0.1, 0.15) is 23.5 Å². The second kappa shape index (κ2) is 7.32. The molecular weight excluding hydrogens is 341 g/mol. The van der Waals surface area contributed by atoms with Gasteiger partial charge < -0.3 is 0 Å². The van der Waals surface area contributed by atoms with Crippen LogP contribution in [0.2, 0.25) is 0 Å². The van der Waals surface area contributed by atoms with E-state index in [1.165, 1.54) is 66.5 Å². The summed E-state index contributed by atoms with van der Waals surface area (Å²) in [5.74, 6) is 0. The highest BCUT2D eigenvalue weighted by atomic mass is 32.1. The van der Waals surface area contributed by atoms with Crippen molar-refractivity contribution in [2.24, 2.45) is 0 Å². The van der Waals surface area contributed by atoms with Crippen LogP contribution in [-0.2, 0) is 0 Å². The molecule has 0 unspecified atom stereocenters. The Morgan fingerprint density at radius 2 is 1.19 bits per heavy atom. The summed E-state index contributed by atoms with van der Waals surface area (Å²) in [4.78, 5) is 1.06. The first kappa shape index (κ1) is 20.0. The second-order valence-corrected chi connectivity index (χ2v) is 8.54. The zero-order chi connectivity index (χ0) is 20.0. The van der Waals surface area contributed by atoms with Crippen LogP contribution in [0.1, 0.15) is 27.8 Å². The normalized spacial score (nSPS) is 11.0. The molecule has 0 aromatic heterocycles. The van der Waals surface area contributed by atoms with Crippen molar-refractivity contribution < 1.29 is 0 Å². The molecule has 3 aromatic rings. The van der Waals surface area contributed by atoms with Gasteiger partial charge in [0.25, 0.3) is 0 Å². The summed E-state index contributed by atoms with van der Waals surface area (Å²) in [7, 11) is 6.63. The molecule has 0 aliphatic heterocycles. The number of benzene rings is 3. The van der Waals surface area contributed by atoms with Gasteiger partial charge in [-0.1, -0.05) is 40.2 Å². The molecule has 0 saturated carbocycles. The molecule has 134 valence electrons. The minimum absolute atomic E-state index is 1.06. The van der Waals surface area contributed by atoms with Gasteiger partial charge in [-0.3, -0.25) is 0 Å². The molecule has 3 aromatic carbocycles. The van der Waals surface area contributed by atoms with Crippen LogP contribution in [0.25, 0.3) is 22.3 Å². The van der Waals surface area contributed by atoms with E-state index in [4.69, 9.17) is 12.6 Å². The van der Waals surface area contributed by atoms with Crippen molar-refractivity contribution in [2.75, 3.05) is 0 Å². The Morgan fingerprint density at radius 3 is 1.81 bits per heavy atom. The van der Waals surface area contributed by atoms with Crippen molar-refractivity contribution >= 4 is 52.6 Å². The molecule has 0 N–H and O–H groups in total. The first-order valence-corrected chi connectivity index (χ1v) is 10.1. The quantitative estimate of drug-likeness (QED) is 0.516. The minimum Gasteiger partial charge on any atom is -0.143 e. The number of hydrogen-bond acceptors (Lipinski definition) is 1. The molecule has 0 atom stereocenters. The average Bonchev–Trinajstić information content (AvgIpc) is 2.57. The van der Waals surface area contributed by atoms with Crippen LogP contribution in [0.5, 0.6) is 0 Å². The molecule has 0 spiro atoms. The first-order chi connectivity index (χ1) is 12.6. The average molecular weight is 368 g/mol. The lowest BCUT2D eigenvalue weighted by Gasteiger charge is -2.19. The first-order valence-electron chi connectivity index (χ1n) is 9.61. The van der Waals surface area contributed by atoms with E-state index in [2.05, 4.69) is 88.5 Å². The summed E-state index contributed by atoms with van der Waals surface area (Å²) in [6, 6.07) is 11.4. The number of thiol groups is 1. The summed E-state index contributed by atoms with van der Waals surface area (Å²) in [5, 5.41) is 0. The molecule has 0 aliphatic rings. The van der Waals surface area contributed by atoms with E-state index >= 15 is 0 Å². The third-order valence-corrected chi connectivity index (χ3v) is 6.50. The molecule has 27 heavy (non-hydrogen) atoms. The fraction of sp³-hybridized carbons (Fsp3) is 0.217. The predicted octanol–water partition coefficient (Wildman–Crippen LogP) is 1.63. The maximum Gasteiger partial charge on any atom is 0.140 e. The number of rotatable bonds is 2. The van der Waals surface area contributed by atoms with E-state index in [0.29, 0.717) is 0 Å². The molecule has 3 rings (SSSR count). The van der Waals surface area contributed by atoms with E-state index in [9.17, 15) is 0 Å². The maximum atomic E-state index is 4.82. The van der Waals surface area contributed by atoms with Gasteiger partial charge >= 0.3 is 0 Å². The van der Waals surface area contributed by atoms with Gasteiger partial charge in [0.2, 0.25) is 0 Å². The van der Waals surface area contributed by atoms with Crippen LogP contribution in [0.3, 0.4) is 0 Å². The van der Waals surface area contributed by atoms with Crippen LogP contribution in [-0.4, -0.2) is 23.5 Å². The Kier molecular flexibility index (Phi) is 5.41. The third-order valence-electron chi connectivity index (χ3n) is 6.15. The van der Waals surface area contributed by atoms with Crippen LogP contribution in [0.15, 0.2) is 35.2 Å². The lowest BCUT2D eigenvalue weighted by molar-refractivity contribution is 1.32. The van der Waals surface area contributed by atoms with Gasteiger partial charge in [-0.15, -0.1) is 12.6 Å². The fourth-order valence-corrected chi connectivity index (χ4v) is 4.72. The molecule has 0 nitrogen and oxygen atoms in total. The zero-order valence-corrected chi connectivity index (χ0v) is 18.7. The van der Waals surface area contributed by atoms with Crippen molar-refractivity contribution in [1.29, 1.82) is 0 Å². The van der Waals surface area contributed by atoms with E-state index in [1.54, 1.807) is 0 Å². The topological polar surface area (TPSA) is 0 Å². The number of hydrogen-bond donors (Lipinski definition) is 1. The Balaban J connectivity index is 2.31. The Hall–Kier alpha value is -1.80. The maximum absolute atomic E-state index is 4.82. The summed E-state index contributed by atoms with van der Waals surface area (Å²) < 4.78 is 0. The monoisotopic (exact) mass is 368 g/mol. The Labute approximate surface area is 172 Å². The van der Waals surface area contributed by atoms with Gasteiger partial charge in [-0.05, 0) is 91.3 Å². The molecular formula is C23H27B3S. The zero-order valence-electron chi connectivity index (χ0n) is 17.8. The van der Waals surface area contributed by atoms with Crippen LogP contribution >= 0.6 is 12.6 Å². The smallest absolute Gasteiger partial charge is 0.140 e. The Morgan fingerprint density at radius 1 is 0.630 bits per heavy atom. The van der Waals surface area contributed by atoms with Gasteiger partial charge in [0, 0.05) is 4.90 Å². The third kappa shape index (κ3) is 3.52. The van der Waals surface area contributed by atoms with Crippen LogP contribution in [0, 0.1) is 34.6 Å². The SMILES string of the molecule is Bc1cc(C)c(-c2cc(C)cc(-c3c(S)cc(C)c(B)c3C)c2)c(C)c1B. The standard InChI is InChI=1S/C23H27B3S/c1-11-6-16(20-12(2)8-18(24)23(26)14(20)4)10-17(7-11)21-15(5)22(25)13(3)9-19(21)27/h6-10,27H,24-26H2,1-5H3. The highest BCUT2D eigenvalue weighted by molar-refractivity contribution is 7.80. The summed E-state index contributed by atoms with van der Waals surface area (Å²) in [6.07, 6.45) is 0. The predicted molar refractivity (Wildman–Crippen MR) is 133 cm³/mol. The lowest BCUT2D eigenvalue weighted by Crippen LogP contribution is -2.29. The summed E-state index contributed by atoms with van der Waals surface area (Å²) >= 11 is 4.82. The van der Waals surface area contributed by atoms with E-state index in [0.717, 1.165) is 4.90 Å². The van der Waals surface area contributed by atoms with Crippen molar-refractivity contribution in [2.45, 2.75) is 39.5 Å². The molecule has 0 fully saturated rings. The number of aryl methyl sites for hydroxylation is 3. The van der Waals surface area contributed by atoms with Crippen molar-refractivity contribution in [3.05, 3.63) is 58.1 Å². The molecule has 0 radical (unpaired) electrons. The molecule has 0 amide bonds. The van der Waals surface area contributed by atoms with Crippen molar-refractivity contribution in [3.8, 4) is 22.3 Å². The molecule has 0 bridgehead atoms. The molecule has 4 heteroatoms. The highest BCUT2D eigenvalue weighted by Gasteiger charge is 2.15. The molecule has 0 aliphatic carbocycles. The molecule has 0 saturated heterocycles. The highest BCUT2D eigenvalue weighted by Crippen LogP contribution is 2.35. The van der Waals surface area contributed by atoms with Crippen LogP contribution in [0.4, 0.5) is 0 Å². The Bertz CT molecular complexity index is 986. The van der Waals surface area contributed by atoms with E-state index in [-0.39, 0.29) is 0 Å². The van der Waals surface area contributed by atoms with Gasteiger partial charge in [0.05, 0.1) is 0 Å². The van der Waals surface area contributed by atoms with Gasteiger partial charge in [0.15, 0.2) is 0 Å². The second-order valence-electron chi connectivity index (χ2n) is 8.06. The van der Waals surface area contributed by atoms with Gasteiger partial charge in [-0.25, -0.2) is 0 Å².